The van der Waals surface area contributed by atoms with Gasteiger partial charge in [-0.1, -0.05) is 12.2 Å². The zero-order valence-corrected chi connectivity index (χ0v) is 10.0. The standard InChI is InChI=1S/C12H18O5/c1-3-4-5-9(10(13)14)12(2,11(15)16)6-8-7-17-8/h3-4,8-9H,5-7H2,1-2H3,(H,13,14)(H,15,16). The molecular formula is C12H18O5. The Kier molecular flexibility index (Phi) is 4.28. The molecule has 3 unspecified atom stereocenters. The average Bonchev–Trinajstić information content (AvgIpc) is 3.01. The third kappa shape index (κ3) is 3.30. The minimum Gasteiger partial charge on any atom is -0.481 e. The molecule has 0 amide bonds. The van der Waals surface area contributed by atoms with Gasteiger partial charge in [0, 0.05) is 0 Å². The summed E-state index contributed by atoms with van der Waals surface area (Å²) in [6.07, 6.45) is 3.78. The molecule has 3 atom stereocenters. The first-order valence-corrected chi connectivity index (χ1v) is 5.60. The molecule has 1 aliphatic heterocycles. The van der Waals surface area contributed by atoms with Gasteiger partial charge in [-0.15, -0.1) is 0 Å². The molecular weight excluding hydrogens is 224 g/mol. The molecule has 5 heteroatoms. The van der Waals surface area contributed by atoms with Gasteiger partial charge in [-0.05, 0) is 26.7 Å². The Labute approximate surface area is 100 Å². The Morgan fingerprint density at radius 3 is 2.47 bits per heavy atom. The maximum atomic E-state index is 11.4. The van der Waals surface area contributed by atoms with Gasteiger partial charge < -0.3 is 14.9 Å². The van der Waals surface area contributed by atoms with Gasteiger partial charge in [-0.25, -0.2) is 0 Å². The van der Waals surface area contributed by atoms with Crippen LogP contribution in [0, 0.1) is 11.3 Å². The number of hydrogen-bond acceptors (Lipinski definition) is 3. The summed E-state index contributed by atoms with van der Waals surface area (Å²) in [6.45, 7) is 3.79. The van der Waals surface area contributed by atoms with E-state index in [4.69, 9.17) is 4.74 Å². The quantitative estimate of drug-likeness (QED) is 0.522. The second kappa shape index (κ2) is 5.31. The fourth-order valence-corrected chi connectivity index (χ4v) is 1.94. The summed E-state index contributed by atoms with van der Waals surface area (Å²) in [5.74, 6) is -3.08. The normalized spacial score (nSPS) is 24.2. The summed E-state index contributed by atoms with van der Waals surface area (Å²) < 4.78 is 5.01. The van der Waals surface area contributed by atoms with E-state index in [9.17, 15) is 19.8 Å². The third-order valence-electron chi connectivity index (χ3n) is 3.22. The number of aliphatic carboxylic acids is 2. The lowest BCUT2D eigenvalue weighted by atomic mass is 9.72. The van der Waals surface area contributed by atoms with E-state index in [0.29, 0.717) is 6.61 Å². The minimum absolute atomic E-state index is 0.108. The molecule has 0 radical (unpaired) electrons. The highest BCUT2D eigenvalue weighted by Gasteiger charge is 2.48. The highest BCUT2D eigenvalue weighted by molar-refractivity contribution is 5.83. The summed E-state index contributed by atoms with van der Waals surface area (Å²) in [4.78, 5) is 22.6. The second-order valence-corrected chi connectivity index (χ2v) is 4.58. The third-order valence-corrected chi connectivity index (χ3v) is 3.22. The van der Waals surface area contributed by atoms with E-state index in [1.807, 2.05) is 0 Å². The summed E-state index contributed by atoms with van der Waals surface area (Å²) in [5, 5.41) is 18.5. The van der Waals surface area contributed by atoms with Crippen molar-refractivity contribution in [3.05, 3.63) is 12.2 Å². The molecule has 0 aliphatic carbocycles. The molecule has 96 valence electrons. The zero-order chi connectivity index (χ0) is 13.1. The number of ether oxygens (including phenoxy) is 1. The van der Waals surface area contributed by atoms with Gasteiger partial charge in [0.05, 0.1) is 24.0 Å². The van der Waals surface area contributed by atoms with Crippen LogP contribution in [0.15, 0.2) is 12.2 Å². The number of hydrogen-bond donors (Lipinski definition) is 2. The molecule has 5 nitrogen and oxygen atoms in total. The van der Waals surface area contributed by atoms with E-state index in [-0.39, 0.29) is 18.9 Å². The Morgan fingerprint density at radius 1 is 1.53 bits per heavy atom. The molecule has 1 fully saturated rings. The predicted octanol–water partition coefficient (Wildman–Crippen LogP) is 1.53. The Bertz CT molecular complexity index is 332. The van der Waals surface area contributed by atoms with E-state index in [1.165, 1.54) is 6.92 Å². The number of carboxylic acids is 2. The van der Waals surface area contributed by atoms with Crippen molar-refractivity contribution in [1.82, 2.24) is 0 Å². The van der Waals surface area contributed by atoms with Crippen LogP contribution >= 0.6 is 0 Å². The van der Waals surface area contributed by atoms with Crippen LogP contribution in [0.1, 0.15) is 26.7 Å². The van der Waals surface area contributed by atoms with E-state index in [2.05, 4.69) is 0 Å². The van der Waals surface area contributed by atoms with Crippen LogP contribution < -0.4 is 0 Å². The van der Waals surface area contributed by atoms with Crippen LogP contribution in [-0.4, -0.2) is 34.9 Å². The Hall–Kier alpha value is -1.36. The summed E-state index contributed by atoms with van der Waals surface area (Å²) in [7, 11) is 0. The molecule has 0 aromatic carbocycles. The smallest absolute Gasteiger partial charge is 0.310 e. The number of carboxylic acid groups (broad SMARTS) is 2. The van der Waals surface area contributed by atoms with Crippen molar-refractivity contribution in [2.75, 3.05) is 6.61 Å². The Morgan fingerprint density at radius 2 is 2.12 bits per heavy atom. The molecule has 2 N–H and O–H groups in total. The highest BCUT2D eigenvalue weighted by atomic mass is 16.6. The SMILES string of the molecule is CC=CCC(C(=O)O)C(C)(CC1CO1)C(=O)O. The lowest BCUT2D eigenvalue weighted by Gasteiger charge is -2.30. The van der Waals surface area contributed by atoms with Crippen LogP contribution in [0.2, 0.25) is 0 Å². The highest BCUT2D eigenvalue weighted by Crippen LogP contribution is 2.39. The zero-order valence-electron chi connectivity index (χ0n) is 10.0. The van der Waals surface area contributed by atoms with Gasteiger partial charge in [0.1, 0.15) is 0 Å². The molecule has 1 heterocycles. The van der Waals surface area contributed by atoms with Crippen molar-refractivity contribution in [1.29, 1.82) is 0 Å². The number of carbonyl (C=O) groups is 2. The van der Waals surface area contributed by atoms with Crippen LogP contribution in [0.3, 0.4) is 0 Å². The number of allylic oxidation sites excluding steroid dienone is 2. The molecule has 1 aliphatic rings. The molecule has 0 saturated carbocycles. The van der Waals surface area contributed by atoms with Crippen molar-refractivity contribution in [2.45, 2.75) is 32.8 Å². The van der Waals surface area contributed by atoms with Gasteiger partial charge in [0.2, 0.25) is 0 Å². The first-order valence-electron chi connectivity index (χ1n) is 5.60. The van der Waals surface area contributed by atoms with Crippen molar-refractivity contribution in [3.8, 4) is 0 Å². The number of epoxide rings is 1. The topological polar surface area (TPSA) is 87.1 Å². The lowest BCUT2D eigenvalue weighted by molar-refractivity contribution is -0.162. The van der Waals surface area contributed by atoms with Gasteiger partial charge in [-0.3, -0.25) is 9.59 Å². The van der Waals surface area contributed by atoms with Gasteiger partial charge in [-0.2, -0.15) is 0 Å². The maximum Gasteiger partial charge on any atom is 0.310 e. The Balaban J connectivity index is 2.89. The van der Waals surface area contributed by atoms with Crippen LogP contribution in [-0.2, 0) is 14.3 Å². The van der Waals surface area contributed by atoms with Crippen molar-refractivity contribution < 1.29 is 24.5 Å². The maximum absolute atomic E-state index is 11.4. The fourth-order valence-electron chi connectivity index (χ4n) is 1.94. The van der Waals surface area contributed by atoms with Crippen molar-refractivity contribution in [2.24, 2.45) is 11.3 Å². The van der Waals surface area contributed by atoms with Crippen LogP contribution in [0.4, 0.5) is 0 Å². The molecule has 1 saturated heterocycles. The molecule has 0 aromatic heterocycles. The summed E-state index contributed by atoms with van der Waals surface area (Å²) >= 11 is 0. The van der Waals surface area contributed by atoms with E-state index >= 15 is 0 Å². The number of rotatable bonds is 7. The fraction of sp³-hybridized carbons (Fsp3) is 0.667. The first-order chi connectivity index (χ1) is 7.91. The largest absolute Gasteiger partial charge is 0.481 e. The van der Waals surface area contributed by atoms with Crippen LogP contribution in [0.25, 0.3) is 0 Å². The minimum atomic E-state index is -1.29. The lowest BCUT2D eigenvalue weighted by Crippen LogP contribution is -2.41. The van der Waals surface area contributed by atoms with E-state index in [0.717, 1.165) is 0 Å². The molecule has 17 heavy (non-hydrogen) atoms. The van der Waals surface area contributed by atoms with Gasteiger partial charge >= 0.3 is 11.9 Å². The van der Waals surface area contributed by atoms with E-state index < -0.39 is 23.3 Å². The monoisotopic (exact) mass is 242 g/mol. The van der Waals surface area contributed by atoms with Gasteiger partial charge in [0.15, 0.2) is 0 Å². The summed E-state index contributed by atoms with van der Waals surface area (Å²) in [6, 6.07) is 0. The first kappa shape index (κ1) is 13.7. The molecule has 0 bridgehead atoms. The molecule has 1 rings (SSSR count). The predicted molar refractivity (Wildman–Crippen MR) is 60.7 cm³/mol. The van der Waals surface area contributed by atoms with Crippen molar-refractivity contribution in [3.63, 3.8) is 0 Å². The molecule has 0 aromatic rings. The molecule has 0 spiro atoms. The second-order valence-electron chi connectivity index (χ2n) is 4.58. The van der Waals surface area contributed by atoms with E-state index in [1.54, 1.807) is 19.1 Å². The van der Waals surface area contributed by atoms with Crippen molar-refractivity contribution >= 4 is 11.9 Å². The van der Waals surface area contributed by atoms with Gasteiger partial charge in [0.25, 0.3) is 0 Å². The summed E-state index contributed by atoms with van der Waals surface area (Å²) in [5.41, 5.74) is -1.29. The van der Waals surface area contributed by atoms with Crippen LogP contribution in [0.5, 0.6) is 0 Å². The average molecular weight is 242 g/mol.